The molecule has 1 heterocycles. The Hall–Kier alpha value is -3.26. The van der Waals surface area contributed by atoms with E-state index >= 15 is 0 Å². The number of rotatable bonds is 9. The molecule has 0 aliphatic rings. The Balaban J connectivity index is 1.47. The number of carbonyl (C=O) groups excluding carboxylic acids is 2. The number of para-hydroxylation sites is 1. The van der Waals surface area contributed by atoms with Crippen LogP contribution in [0, 0.1) is 0 Å². The van der Waals surface area contributed by atoms with Crippen molar-refractivity contribution in [1.82, 2.24) is 10.3 Å². The van der Waals surface area contributed by atoms with E-state index in [4.69, 9.17) is 10.2 Å². The molecular weight excluding hydrogens is 388 g/mol. The van der Waals surface area contributed by atoms with Crippen molar-refractivity contribution in [3.63, 3.8) is 0 Å². The molecule has 29 heavy (non-hydrogen) atoms. The van der Waals surface area contributed by atoms with Gasteiger partial charge in [0.05, 0.1) is 11.4 Å². The first-order chi connectivity index (χ1) is 14.1. The number of nitrogens with zero attached hydrogens (tertiary/aromatic N) is 1. The highest BCUT2D eigenvalue weighted by atomic mass is 32.2. The molecule has 0 aliphatic carbocycles. The predicted molar refractivity (Wildman–Crippen MR) is 114 cm³/mol. The van der Waals surface area contributed by atoms with Crippen molar-refractivity contribution >= 4 is 29.4 Å². The third-order valence-corrected chi connectivity index (χ3v) is 5.06. The standard InChI is InChI=1S/C21H22N4O3S/c22-19(26)11-13-29-18-9-5-4-8-17(18)25-21(27)23-12-10-16-14-28-20(24-16)15-6-2-1-3-7-15/h1-9,14H,10-13H2,(H2,22,26)(H2,23,25,27). The molecule has 0 radical (unpaired) electrons. The van der Waals surface area contributed by atoms with Crippen LogP contribution in [-0.4, -0.2) is 29.2 Å². The van der Waals surface area contributed by atoms with Crippen molar-refractivity contribution in [2.24, 2.45) is 5.73 Å². The molecule has 0 unspecified atom stereocenters. The second-order valence-corrected chi connectivity index (χ2v) is 7.34. The first-order valence-corrected chi connectivity index (χ1v) is 10.1. The van der Waals surface area contributed by atoms with E-state index < -0.39 is 0 Å². The largest absolute Gasteiger partial charge is 0.444 e. The number of benzene rings is 2. The lowest BCUT2D eigenvalue weighted by atomic mass is 10.2. The van der Waals surface area contributed by atoms with E-state index in [0.717, 1.165) is 16.2 Å². The fourth-order valence-corrected chi connectivity index (χ4v) is 3.54. The van der Waals surface area contributed by atoms with Crippen LogP contribution in [0.15, 0.2) is 70.2 Å². The van der Waals surface area contributed by atoms with E-state index in [-0.39, 0.29) is 18.4 Å². The molecule has 3 amide bonds. The van der Waals surface area contributed by atoms with E-state index in [1.807, 2.05) is 54.6 Å². The highest BCUT2D eigenvalue weighted by Gasteiger charge is 2.09. The van der Waals surface area contributed by atoms with Gasteiger partial charge in [-0.2, -0.15) is 0 Å². The van der Waals surface area contributed by atoms with Crippen LogP contribution in [0.25, 0.3) is 11.5 Å². The molecule has 0 saturated carbocycles. The van der Waals surface area contributed by atoms with E-state index in [2.05, 4.69) is 15.6 Å². The van der Waals surface area contributed by atoms with Gasteiger partial charge in [0.15, 0.2) is 0 Å². The number of thioether (sulfide) groups is 1. The van der Waals surface area contributed by atoms with Crippen LogP contribution in [-0.2, 0) is 11.2 Å². The first kappa shape index (κ1) is 20.5. The van der Waals surface area contributed by atoms with Crippen molar-refractivity contribution in [2.75, 3.05) is 17.6 Å². The van der Waals surface area contributed by atoms with Gasteiger partial charge in [0, 0.05) is 35.6 Å². The minimum Gasteiger partial charge on any atom is -0.444 e. The third-order valence-electron chi connectivity index (χ3n) is 3.98. The Morgan fingerprint density at radius 1 is 1.07 bits per heavy atom. The lowest BCUT2D eigenvalue weighted by Gasteiger charge is -2.11. The van der Waals surface area contributed by atoms with Crippen molar-refractivity contribution in [3.8, 4) is 11.5 Å². The van der Waals surface area contributed by atoms with E-state index in [1.165, 1.54) is 11.8 Å². The molecule has 4 N–H and O–H groups in total. The Bertz CT molecular complexity index is 959. The van der Waals surface area contributed by atoms with Gasteiger partial charge in [0.25, 0.3) is 0 Å². The average molecular weight is 410 g/mol. The summed E-state index contributed by atoms with van der Waals surface area (Å²) in [4.78, 5) is 28.4. The molecule has 3 aromatic rings. The minimum absolute atomic E-state index is 0.286. The molecule has 0 atom stereocenters. The topological polar surface area (TPSA) is 110 Å². The number of primary amides is 1. The Morgan fingerprint density at radius 3 is 2.62 bits per heavy atom. The molecule has 150 valence electrons. The van der Waals surface area contributed by atoms with Crippen molar-refractivity contribution < 1.29 is 14.0 Å². The van der Waals surface area contributed by atoms with E-state index in [1.54, 1.807) is 6.26 Å². The van der Waals surface area contributed by atoms with Gasteiger partial charge in [-0.15, -0.1) is 11.8 Å². The number of amides is 3. The van der Waals surface area contributed by atoms with Gasteiger partial charge in [-0.05, 0) is 24.3 Å². The quantitative estimate of drug-likeness (QED) is 0.466. The van der Waals surface area contributed by atoms with Crippen molar-refractivity contribution in [3.05, 3.63) is 66.6 Å². The summed E-state index contributed by atoms with van der Waals surface area (Å²) in [5, 5.41) is 5.65. The van der Waals surface area contributed by atoms with E-state index in [0.29, 0.717) is 30.3 Å². The van der Waals surface area contributed by atoms with Crippen LogP contribution < -0.4 is 16.4 Å². The van der Waals surface area contributed by atoms with Crippen LogP contribution in [0.3, 0.4) is 0 Å². The maximum atomic E-state index is 12.2. The predicted octanol–water partition coefficient (Wildman–Crippen LogP) is 3.67. The summed E-state index contributed by atoms with van der Waals surface area (Å²) in [7, 11) is 0. The van der Waals surface area contributed by atoms with E-state index in [9.17, 15) is 9.59 Å². The summed E-state index contributed by atoms with van der Waals surface area (Å²) in [6.07, 6.45) is 2.44. The SMILES string of the molecule is NC(=O)CCSc1ccccc1NC(=O)NCCc1coc(-c2ccccc2)n1. The second kappa shape index (κ2) is 10.3. The molecule has 3 rings (SSSR count). The zero-order valence-electron chi connectivity index (χ0n) is 15.8. The highest BCUT2D eigenvalue weighted by molar-refractivity contribution is 7.99. The molecule has 7 nitrogen and oxygen atoms in total. The maximum Gasteiger partial charge on any atom is 0.319 e. The summed E-state index contributed by atoms with van der Waals surface area (Å²) < 4.78 is 5.50. The smallest absolute Gasteiger partial charge is 0.319 e. The van der Waals surface area contributed by atoms with Gasteiger partial charge in [0.2, 0.25) is 11.8 Å². The molecule has 0 saturated heterocycles. The highest BCUT2D eigenvalue weighted by Crippen LogP contribution is 2.27. The number of anilines is 1. The van der Waals surface area contributed by atoms with Crippen LogP contribution in [0.2, 0.25) is 0 Å². The summed E-state index contributed by atoms with van der Waals surface area (Å²) in [5.74, 6) is 0.780. The van der Waals surface area contributed by atoms with Gasteiger partial charge in [-0.3, -0.25) is 4.79 Å². The number of nitrogens with two attached hydrogens (primary N) is 1. The number of urea groups is 1. The number of hydrogen-bond donors (Lipinski definition) is 3. The summed E-state index contributed by atoms with van der Waals surface area (Å²) in [6.45, 7) is 0.420. The molecular formula is C21H22N4O3S. The maximum absolute atomic E-state index is 12.2. The molecule has 1 aromatic heterocycles. The molecule has 8 heteroatoms. The number of aromatic nitrogens is 1. The Labute approximate surface area is 173 Å². The van der Waals surface area contributed by atoms with Gasteiger partial charge in [-0.1, -0.05) is 30.3 Å². The molecule has 0 fully saturated rings. The third kappa shape index (κ3) is 6.39. The molecule has 0 bridgehead atoms. The van der Waals surface area contributed by atoms with Gasteiger partial charge >= 0.3 is 6.03 Å². The fraction of sp³-hybridized carbons (Fsp3) is 0.190. The first-order valence-electron chi connectivity index (χ1n) is 9.16. The lowest BCUT2D eigenvalue weighted by Crippen LogP contribution is -2.30. The van der Waals surface area contributed by atoms with Crippen LogP contribution in [0.5, 0.6) is 0 Å². The molecule has 2 aromatic carbocycles. The number of nitrogens with one attached hydrogen (secondary N) is 2. The number of hydrogen-bond acceptors (Lipinski definition) is 5. The molecule has 0 aliphatic heterocycles. The summed E-state index contributed by atoms with van der Waals surface area (Å²) in [5.41, 5.74) is 7.54. The van der Waals surface area contributed by atoms with Gasteiger partial charge < -0.3 is 20.8 Å². The van der Waals surface area contributed by atoms with Crippen LogP contribution in [0.4, 0.5) is 10.5 Å². The zero-order chi connectivity index (χ0) is 20.5. The number of oxazole rings is 1. The van der Waals surface area contributed by atoms with Gasteiger partial charge in [0.1, 0.15) is 6.26 Å². The minimum atomic E-state index is -0.344. The van der Waals surface area contributed by atoms with Crippen LogP contribution in [0.1, 0.15) is 12.1 Å². The van der Waals surface area contributed by atoms with Gasteiger partial charge in [-0.25, -0.2) is 9.78 Å². The van der Waals surface area contributed by atoms with Crippen molar-refractivity contribution in [2.45, 2.75) is 17.7 Å². The number of carbonyl (C=O) groups is 2. The second-order valence-electron chi connectivity index (χ2n) is 6.20. The summed E-state index contributed by atoms with van der Waals surface area (Å²) >= 11 is 1.47. The molecule has 0 spiro atoms. The Kier molecular flexibility index (Phi) is 7.29. The normalized spacial score (nSPS) is 10.5. The van der Waals surface area contributed by atoms with Crippen LogP contribution >= 0.6 is 11.8 Å². The Morgan fingerprint density at radius 2 is 1.83 bits per heavy atom. The monoisotopic (exact) mass is 410 g/mol. The van der Waals surface area contributed by atoms with Crippen molar-refractivity contribution in [1.29, 1.82) is 0 Å². The summed E-state index contributed by atoms with van der Waals surface area (Å²) in [6, 6.07) is 16.8. The average Bonchev–Trinajstić information content (AvgIpc) is 3.19. The zero-order valence-corrected chi connectivity index (χ0v) is 16.6. The lowest BCUT2D eigenvalue weighted by molar-refractivity contribution is -0.117. The fourth-order valence-electron chi connectivity index (χ4n) is 2.56.